The molecule has 212 valence electrons. The number of likely N-dealkylation sites (tertiary alicyclic amines) is 1. The fourth-order valence-corrected chi connectivity index (χ4v) is 4.83. The number of aliphatic hydroxyl groups is 1. The summed E-state index contributed by atoms with van der Waals surface area (Å²) in [5, 5.41) is 15.1. The molecule has 37 heavy (non-hydrogen) atoms. The van der Waals surface area contributed by atoms with Gasteiger partial charge in [0.25, 0.3) is 0 Å². The van der Waals surface area contributed by atoms with Gasteiger partial charge >= 0.3 is 0 Å². The van der Waals surface area contributed by atoms with E-state index in [0.29, 0.717) is 32.5 Å². The van der Waals surface area contributed by atoms with Crippen LogP contribution in [0.25, 0.3) is 0 Å². The van der Waals surface area contributed by atoms with E-state index < -0.39 is 5.60 Å². The Morgan fingerprint density at radius 1 is 1.43 bits per heavy atom. The van der Waals surface area contributed by atoms with Gasteiger partial charge in [0, 0.05) is 30.6 Å². The van der Waals surface area contributed by atoms with E-state index >= 15 is 0 Å². The molecule has 0 aromatic heterocycles. The average molecular weight is 540 g/mol. The van der Waals surface area contributed by atoms with Crippen molar-refractivity contribution in [2.75, 3.05) is 39.0 Å². The topological polar surface area (TPSA) is 87.8 Å². The minimum absolute atomic E-state index is 0.0321. The molecule has 0 aliphatic carbocycles. The van der Waals surface area contributed by atoms with Gasteiger partial charge in [0.2, 0.25) is 5.91 Å². The van der Waals surface area contributed by atoms with Crippen LogP contribution in [0.4, 0.5) is 4.39 Å². The third kappa shape index (κ3) is 12.2. The van der Waals surface area contributed by atoms with Gasteiger partial charge in [-0.25, -0.2) is 4.39 Å². The summed E-state index contributed by atoms with van der Waals surface area (Å²) in [5.74, 6) is -0.128. The van der Waals surface area contributed by atoms with Gasteiger partial charge in [0.15, 0.2) is 0 Å². The van der Waals surface area contributed by atoms with Crippen LogP contribution in [0.3, 0.4) is 0 Å². The highest BCUT2D eigenvalue weighted by Gasteiger charge is 2.36. The molecular weight excluding hydrogens is 489 g/mol. The van der Waals surface area contributed by atoms with Crippen molar-refractivity contribution in [2.24, 2.45) is 17.6 Å². The lowest BCUT2D eigenvalue weighted by atomic mass is 9.85. The summed E-state index contributed by atoms with van der Waals surface area (Å²) in [5.41, 5.74) is 6.36. The van der Waals surface area contributed by atoms with E-state index in [4.69, 9.17) is 10.5 Å². The smallest absolute Gasteiger partial charge is 0.226 e. The Balaban J connectivity index is 0.000000371. The van der Waals surface area contributed by atoms with Gasteiger partial charge in [-0.15, -0.1) is 11.8 Å². The van der Waals surface area contributed by atoms with E-state index in [1.807, 2.05) is 25.5 Å². The molecule has 2 aliphatic heterocycles. The number of thioether (sulfide) groups is 1. The molecule has 8 heteroatoms. The number of nitrogens with zero attached hydrogens (tertiary/aromatic N) is 1. The lowest BCUT2D eigenvalue weighted by molar-refractivity contribution is -0.135. The zero-order valence-corrected chi connectivity index (χ0v) is 24.6. The molecule has 2 rings (SSSR count). The van der Waals surface area contributed by atoms with Crippen LogP contribution in [0.1, 0.15) is 66.7 Å². The summed E-state index contributed by atoms with van der Waals surface area (Å²) in [6.07, 6.45) is 10.7. The number of allylic oxidation sites excluding steroid dienone is 3. The normalized spacial score (nSPS) is 29.8. The number of carbonyl (C=O) groups is 1. The van der Waals surface area contributed by atoms with Gasteiger partial charge in [0.05, 0.1) is 17.8 Å². The maximum atomic E-state index is 13.7. The van der Waals surface area contributed by atoms with Gasteiger partial charge in [-0.05, 0) is 88.4 Å². The monoisotopic (exact) mass is 539 g/mol. The SMILES string of the molecule is C=C1/C=C\C(F)=C/C(C)C(C)(CCCNCC)OC1.CCC(C/C(N)=C/SC)C(=O)N1CCC(C)(O)C1. The van der Waals surface area contributed by atoms with Crippen molar-refractivity contribution in [3.8, 4) is 0 Å². The second-order valence-electron chi connectivity index (χ2n) is 10.6. The molecule has 1 fully saturated rings. The van der Waals surface area contributed by atoms with Gasteiger partial charge in [0.1, 0.15) is 5.83 Å². The van der Waals surface area contributed by atoms with Crippen LogP contribution >= 0.6 is 11.8 Å². The van der Waals surface area contributed by atoms with Gasteiger partial charge in [-0.1, -0.05) is 33.4 Å². The van der Waals surface area contributed by atoms with Crippen LogP contribution < -0.4 is 11.1 Å². The quantitative estimate of drug-likeness (QED) is 0.326. The summed E-state index contributed by atoms with van der Waals surface area (Å²) >= 11 is 1.55. The number of β-amino-alcohol motifs (C(OH)–C–C–N with tert-alkyl or cyclic N) is 1. The first kappa shape index (κ1) is 33.4. The Hall–Kier alpha value is -1.61. The Morgan fingerprint density at radius 2 is 2.14 bits per heavy atom. The number of hydrogen-bond donors (Lipinski definition) is 3. The van der Waals surface area contributed by atoms with E-state index in [1.54, 1.807) is 35.7 Å². The van der Waals surface area contributed by atoms with Crippen LogP contribution in [0.5, 0.6) is 0 Å². The van der Waals surface area contributed by atoms with E-state index in [2.05, 4.69) is 25.7 Å². The molecule has 0 aromatic rings. The Kier molecular flexibility index (Phi) is 14.8. The van der Waals surface area contributed by atoms with Crippen LogP contribution in [-0.4, -0.2) is 66.2 Å². The fourth-order valence-electron chi connectivity index (χ4n) is 4.43. The average Bonchev–Trinajstić information content (AvgIpc) is 3.23. The minimum Gasteiger partial charge on any atom is -0.402 e. The fraction of sp³-hybridized carbons (Fsp3) is 0.690. The zero-order valence-electron chi connectivity index (χ0n) is 23.8. The molecule has 2 aliphatic rings. The van der Waals surface area contributed by atoms with Crippen molar-refractivity contribution in [3.05, 3.63) is 47.3 Å². The first-order valence-electron chi connectivity index (χ1n) is 13.4. The molecule has 2 heterocycles. The second kappa shape index (κ2) is 16.4. The number of nitrogens with two attached hydrogens (primary N) is 1. The Bertz CT molecular complexity index is 827. The summed E-state index contributed by atoms with van der Waals surface area (Å²) < 4.78 is 19.7. The molecule has 1 amide bonds. The van der Waals surface area contributed by atoms with Crippen molar-refractivity contribution >= 4 is 17.7 Å². The molecule has 0 aromatic carbocycles. The van der Waals surface area contributed by atoms with Crippen LogP contribution in [0.15, 0.2) is 47.3 Å². The molecule has 0 radical (unpaired) electrons. The summed E-state index contributed by atoms with van der Waals surface area (Å²) in [4.78, 5) is 14.1. The predicted molar refractivity (Wildman–Crippen MR) is 155 cm³/mol. The summed E-state index contributed by atoms with van der Waals surface area (Å²) in [6.45, 7) is 17.3. The Labute approximate surface area is 228 Å². The number of nitrogens with one attached hydrogen (secondary N) is 1. The van der Waals surface area contributed by atoms with Crippen molar-refractivity contribution < 1.29 is 19.0 Å². The number of rotatable bonds is 10. The van der Waals surface area contributed by atoms with E-state index in [9.17, 15) is 14.3 Å². The van der Waals surface area contributed by atoms with Crippen molar-refractivity contribution in [2.45, 2.75) is 77.9 Å². The summed E-state index contributed by atoms with van der Waals surface area (Å²) in [6, 6.07) is 0. The molecule has 4 N–H and O–H groups in total. The molecule has 4 unspecified atom stereocenters. The molecule has 0 bridgehead atoms. The van der Waals surface area contributed by atoms with Gasteiger partial charge in [-0.2, -0.15) is 0 Å². The molecular formula is C29H50FN3O3S. The number of hydrogen-bond acceptors (Lipinski definition) is 6. The van der Waals surface area contributed by atoms with Crippen LogP contribution in [0, 0.1) is 11.8 Å². The van der Waals surface area contributed by atoms with Crippen molar-refractivity contribution in [1.82, 2.24) is 10.2 Å². The number of amides is 1. The summed E-state index contributed by atoms with van der Waals surface area (Å²) in [7, 11) is 0. The molecule has 1 saturated heterocycles. The lowest BCUT2D eigenvalue weighted by Gasteiger charge is -2.34. The van der Waals surface area contributed by atoms with Crippen LogP contribution in [-0.2, 0) is 9.53 Å². The number of halogens is 1. The molecule has 0 spiro atoms. The minimum atomic E-state index is -0.728. The van der Waals surface area contributed by atoms with Crippen molar-refractivity contribution in [3.63, 3.8) is 0 Å². The molecule has 4 atom stereocenters. The van der Waals surface area contributed by atoms with Gasteiger partial charge < -0.3 is 25.8 Å². The highest BCUT2D eigenvalue weighted by Crippen LogP contribution is 2.31. The second-order valence-corrected chi connectivity index (χ2v) is 11.3. The third-order valence-electron chi connectivity index (χ3n) is 7.07. The van der Waals surface area contributed by atoms with E-state index in [0.717, 1.165) is 43.6 Å². The zero-order chi connectivity index (χ0) is 28.1. The third-order valence-corrected chi connectivity index (χ3v) is 7.61. The van der Waals surface area contributed by atoms with Crippen molar-refractivity contribution in [1.29, 1.82) is 0 Å². The van der Waals surface area contributed by atoms with Gasteiger partial charge in [-0.3, -0.25) is 4.79 Å². The first-order chi connectivity index (χ1) is 17.4. The standard InChI is InChI=1S/C16H26FNO.C13H24N2O2S/c1-5-18-10-6-9-16(4)14(3)11-15(17)8-7-13(2)12-19-16;1-4-10(7-11(14)8-18-3)12(16)15-6-5-13(2,17)9-15/h7-8,11,14,18H,2,5-6,9-10,12H2,1,3-4H3;8,10,17H,4-7,9,14H2,1-3H3/b8-7-,15-11+;11-8-. The van der Waals surface area contributed by atoms with E-state index in [1.165, 1.54) is 6.08 Å². The Morgan fingerprint density at radius 3 is 2.70 bits per heavy atom. The van der Waals surface area contributed by atoms with Crippen LogP contribution in [0.2, 0.25) is 0 Å². The predicted octanol–water partition coefficient (Wildman–Crippen LogP) is 5.32. The highest BCUT2D eigenvalue weighted by atomic mass is 32.2. The first-order valence-corrected chi connectivity index (χ1v) is 14.7. The lowest BCUT2D eigenvalue weighted by Crippen LogP contribution is -2.37. The largest absolute Gasteiger partial charge is 0.402 e. The maximum absolute atomic E-state index is 13.7. The number of carbonyl (C=O) groups excluding carboxylic acids is 1. The highest BCUT2D eigenvalue weighted by molar-refractivity contribution is 8.01. The maximum Gasteiger partial charge on any atom is 0.226 e. The molecule has 6 nitrogen and oxygen atoms in total. The molecule has 0 saturated carbocycles. The van der Waals surface area contributed by atoms with E-state index in [-0.39, 0.29) is 29.2 Å². The number of ether oxygens (including phenoxy) is 1.